The normalized spacial score (nSPS) is 20.2. The second-order valence-electron chi connectivity index (χ2n) is 4.55. The molecule has 1 saturated heterocycles. The Morgan fingerprint density at radius 3 is 2.67 bits per heavy atom. The topological polar surface area (TPSA) is 39.1 Å². The molecule has 0 bridgehead atoms. The molecule has 84 valence electrons. The standard InChI is InChI=1S/C11H19N3O/c1-9-10(8-14(3)13-9)15-11(2)4-6-12-7-5-11/h8,12H,4-7H2,1-3H3. The molecule has 1 aliphatic rings. The van der Waals surface area contributed by atoms with Crippen LogP contribution in [0.2, 0.25) is 0 Å². The van der Waals surface area contributed by atoms with Crippen LogP contribution in [0.4, 0.5) is 0 Å². The molecule has 0 spiro atoms. The Balaban J connectivity index is 2.09. The zero-order valence-corrected chi connectivity index (χ0v) is 9.71. The molecular weight excluding hydrogens is 190 g/mol. The number of rotatable bonds is 2. The summed E-state index contributed by atoms with van der Waals surface area (Å²) in [7, 11) is 1.92. The zero-order valence-electron chi connectivity index (χ0n) is 9.71. The van der Waals surface area contributed by atoms with Crippen molar-refractivity contribution >= 4 is 0 Å². The van der Waals surface area contributed by atoms with Gasteiger partial charge in [-0.2, -0.15) is 5.10 Å². The van der Waals surface area contributed by atoms with Crippen molar-refractivity contribution in [3.05, 3.63) is 11.9 Å². The second-order valence-corrected chi connectivity index (χ2v) is 4.55. The smallest absolute Gasteiger partial charge is 0.160 e. The van der Waals surface area contributed by atoms with E-state index in [1.807, 2.05) is 20.2 Å². The van der Waals surface area contributed by atoms with Gasteiger partial charge in [-0.1, -0.05) is 0 Å². The summed E-state index contributed by atoms with van der Waals surface area (Å²) >= 11 is 0. The average Bonchev–Trinajstić information content (AvgIpc) is 2.45. The van der Waals surface area contributed by atoms with E-state index >= 15 is 0 Å². The van der Waals surface area contributed by atoms with Gasteiger partial charge in [0.2, 0.25) is 0 Å². The SMILES string of the molecule is Cc1nn(C)cc1OC1(C)CCNCC1. The van der Waals surface area contributed by atoms with Gasteiger partial charge in [-0.05, 0) is 39.8 Å². The van der Waals surface area contributed by atoms with Crippen molar-refractivity contribution in [2.45, 2.75) is 32.3 Å². The van der Waals surface area contributed by atoms with E-state index in [1.54, 1.807) is 4.68 Å². The lowest BCUT2D eigenvalue weighted by Gasteiger charge is -2.34. The molecule has 0 unspecified atom stereocenters. The Bertz CT molecular complexity index is 340. The summed E-state index contributed by atoms with van der Waals surface area (Å²) in [4.78, 5) is 0. The fraction of sp³-hybridized carbons (Fsp3) is 0.727. The lowest BCUT2D eigenvalue weighted by molar-refractivity contribution is 0.0548. The maximum atomic E-state index is 6.07. The molecule has 15 heavy (non-hydrogen) atoms. The Morgan fingerprint density at radius 1 is 1.47 bits per heavy atom. The van der Waals surface area contributed by atoms with Crippen LogP contribution in [0.15, 0.2) is 6.20 Å². The van der Waals surface area contributed by atoms with E-state index in [4.69, 9.17) is 4.74 Å². The third-order valence-electron chi connectivity index (χ3n) is 2.99. The van der Waals surface area contributed by atoms with Crippen LogP contribution in [0, 0.1) is 6.92 Å². The van der Waals surface area contributed by atoms with E-state index in [1.165, 1.54) is 0 Å². The molecule has 1 aliphatic heterocycles. The minimum absolute atomic E-state index is 0.0287. The van der Waals surface area contributed by atoms with Gasteiger partial charge in [-0.3, -0.25) is 4.68 Å². The fourth-order valence-electron chi connectivity index (χ4n) is 2.00. The summed E-state index contributed by atoms with van der Waals surface area (Å²) in [5.74, 6) is 0.918. The third-order valence-corrected chi connectivity index (χ3v) is 2.99. The Morgan fingerprint density at radius 2 is 2.13 bits per heavy atom. The van der Waals surface area contributed by atoms with Crippen LogP contribution in [0.25, 0.3) is 0 Å². The number of hydrogen-bond acceptors (Lipinski definition) is 3. The van der Waals surface area contributed by atoms with Crippen LogP contribution >= 0.6 is 0 Å². The highest BCUT2D eigenvalue weighted by Gasteiger charge is 2.29. The first-order chi connectivity index (χ1) is 7.09. The Kier molecular flexibility index (Phi) is 2.69. The Labute approximate surface area is 90.6 Å². The number of aromatic nitrogens is 2. The van der Waals surface area contributed by atoms with Gasteiger partial charge in [0, 0.05) is 7.05 Å². The summed E-state index contributed by atoms with van der Waals surface area (Å²) in [6, 6.07) is 0. The third kappa shape index (κ3) is 2.31. The van der Waals surface area contributed by atoms with E-state index in [2.05, 4.69) is 17.3 Å². The minimum Gasteiger partial charge on any atom is -0.484 e. The zero-order chi connectivity index (χ0) is 10.9. The monoisotopic (exact) mass is 209 g/mol. The van der Waals surface area contributed by atoms with Gasteiger partial charge in [-0.15, -0.1) is 0 Å². The quantitative estimate of drug-likeness (QED) is 0.796. The summed E-state index contributed by atoms with van der Waals surface area (Å²) in [6.45, 7) is 6.24. The molecule has 4 nitrogen and oxygen atoms in total. The van der Waals surface area contributed by atoms with Crippen LogP contribution in [0.3, 0.4) is 0 Å². The fourth-order valence-corrected chi connectivity index (χ4v) is 2.00. The molecule has 1 aromatic rings. The molecule has 1 aromatic heterocycles. The van der Waals surface area contributed by atoms with Crippen molar-refractivity contribution in [2.24, 2.45) is 7.05 Å². The minimum atomic E-state index is -0.0287. The number of piperidine rings is 1. The number of hydrogen-bond donors (Lipinski definition) is 1. The molecule has 4 heteroatoms. The van der Waals surface area contributed by atoms with Gasteiger partial charge in [0.05, 0.1) is 6.20 Å². The van der Waals surface area contributed by atoms with E-state index in [-0.39, 0.29) is 5.60 Å². The van der Waals surface area contributed by atoms with E-state index < -0.39 is 0 Å². The van der Waals surface area contributed by atoms with Crippen molar-refractivity contribution in [2.75, 3.05) is 13.1 Å². The number of nitrogens with one attached hydrogen (secondary N) is 1. The van der Waals surface area contributed by atoms with Gasteiger partial charge >= 0.3 is 0 Å². The molecule has 0 radical (unpaired) electrons. The number of ether oxygens (including phenoxy) is 1. The lowest BCUT2D eigenvalue weighted by Crippen LogP contribution is -2.43. The van der Waals surface area contributed by atoms with Crippen LogP contribution in [0.1, 0.15) is 25.5 Å². The van der Waals surface area contributed by atoms with Crippen molar-refractivity contribution < 1.29 is 4.74 Å². The molecule has 1 N–H and O–H groups in total. The summed E-state index contributed by atoms with van der Waals surface area (Å²) in [5.41, 5.74) is 0.941. The first kappa shape index (κ1) is 10.5. The summed E-state index contributed by atoms with van der Waals surface area (Å²) < 4.78 is 7.87. The van der Waals surface area contributed by atoms with Crippen molar-refractivity contribution in [1.82, 2.24) is 15.1 Å². The lowest BCUT2D eigenvalue weighted by atomic mass is 9.94. The van der Waals surface area contributed by atoms with Gasteiger partial charge in [0.15, 0.2) is 5.75 Å². The van der Waals surface area contributed by atoms with Crippen molar-refractivity contribution in [3.8, 4) is 5.75 Å². The largest absolute Gasteiger partial charge is 0.484 e. The van der Waals surface area contributed by atoms with Crippen molar-refractivity contribution in [1.29, 1.82) is 0 Å². The van der Waals surface area contributed by atoms with Crippen LogP contribution in [-0.4, -0.2) is 28.5 Å². The van der Waals surface area contributed by atoms with Crippen LogP contribution in [0.5, 0.6) is 5.75 Å². The van der Waals surface area contributed by atoms with Crippen LogP contribution < -0.4 is 10.1 Å². The predicted molar refractivity (Wildman–Crippen MR) is 59.1 cm³/mol. The molecule has 1 fully saturated rings. The molecule has 0 aliphatic carbocycles. The Hall–Kier alpha value is -1.03. The molecule has 0 aromatic carbocycles. The van der Waals surface area contributed by atoms with Crippen molar-refractivity contribution in [3.63, 3.8) is 0 Å². The molecule has 2 rings (SSSR count). The highest BCUT2D eigenvalue weighted by molar-refractivity contribution is 5.24. The number of nitrogens with zero attached hydrogens (tertiary/aromatic N) is 2. The van der Waals surface area contributed by atoms with Gasteiger partial charge in [0.25, 0.3) is 0 Å². The molecular formula is C11H19N3O. The van der Waals surface area contributed by atoms with Crippen LogP contribution in [-0.2, 0) is 7.05 Å². The maximum absolute atomic E-state index is 6.07. The van der Waals surface area contributed by atoms with E-state index in [9.17, 15) is 0 Å². The summed E-state index contributed by atoms with van der Waals surface area (Å²) in [6.07, 6.45) is 4.06. The highest BCUT2D eigenvalue weighted by atomic mass is 16.5. The summed E-state index contributed by atoms with van der Waals surface area (Å²) in [5, 5.41) is 7.63. The average molecular weight is 209 g/mol. The molecule has 0 atom stereocenters. The second kappa shape index (κ2) is 3.85. The number of aryl methyl sites for hydroxylation is 2. The maximum Gasteiger partial charge on any atom is 0.160 e. The van der Waals surface area contributed by atoms with Gasteiger partial charge < -0.3 is 10.1 Å². The molecule has 0 amide bonds. The van der Waals surface area contributed by atoms with E-state index in [0.717, 1.165) is 37.4 Å². The predicted octanol–water partition coefficient (Wildman–Crippen LogP) is 1.25. The molecule has 0 saturated carbocycles. The first-order valence-corrected chi connectivity index (χ1v) is 5.49. The van der Waals surface area contributed by atoms with Gasteiger partial charge in [-0.25, -0.2) is 0 Å². The molecule has 2 heterocycles. The first-order valence-electron chi connectivity index (χ1n) is 5.49. The van der Waals surface area contributed by atoms with Gasteiger partial charge in [0.1, 0.15) is 11.3 Å². The highest BCUT2D eigenvalue weighted by Crippen LogP contribution is 2.27. The van der Waals surface area contributed by atoms with E-state index in [0.29, 0.717) is 0 Å².